The predicted molar refractivity (Wildman–Crippen MR) is 124 cm³/mol. The number of aryl methyl sites for hydroxylation is 1. The van der Waals surface area contributed by atoms with Gasteiger partial charge in [0, 0.05) is 22.9 Å². The van der Waals surface area contributed by atoms with Crippen molar-refractivity contribution >= 4 is 40.0 Å². The fourth-order valence-electron chi connectivity index (χ4n) is 3.31. The molecule has 3 aromatic carbocycles. The third-order valence-corrected chi connectivity index (χ3v) is 5.54. The zero-order valence-corrected chi connectivity index (χ0v) is 18.4. The summed E-state index contributed by atoms with van der Waals surface area (Å²) in [5, 5.41) is 13.9. The van der Waals surface area contributed by atoms with E-state index in [2.05, 4.69) is 24.1 Å². The van der Waals surface area contributed by atoms with Crippen molar-refractivity contribution in [2.45, 2.75) is 26.7 Å². The topological polar surface area (TPSA) is 98.3 Å². The van der Waals surface area contributed by atoms with Crippen LogP contribution < -0.4 is 5.32 Å². The molecule has 0 radical (unpaired) electrons. The van der Waals surface area contributed by atoms with Gasteiger partial charge in [-0.05, 0) is 60.4 Å². The molecule has 0 unspecified atom stereocenters. The Morgan fingerprint density at radius 2 is 1.91 bits per heavy atom. The van der Waals surface area contributed by atoms with Crippen molar-refractivity contribution in [1.82, 2.24) is 4.98 Å². The van der Waals surface area contributed by atoms with Crippen LogP contribution in [0.25, 0.3) is 22.6 Å². The van der Waals surface area contributed by atoms with Gasteiger partial charge in [-0.1, -0.05) is 37.6 Å². The minimum Gasteiger partial charge on any atom is -0.436 e. The van der Waals surface area contributed by atoms with Gasteiger partial charge in [-0.3, -0.25) is 14.9 Å². The lowest BCUT2D eigenvalue weighted by Gasteiger charge is -2.10. The molecule has 162 valence electrons. The maximum absolute atomic E-state index is 12.7. The van der Waals surface area contributed by atoms with Gasteiger partial charge in [-0.25, -0.2) is 4.98 Å². The van der Waals surface area contributed by atoms with Crippen LogP contribution >= 0.6 is 11.6 Å². The fourth-order valence-corrected chi connectivity index (χ4v) is 3.49. The van der Waals surface area contributed by atoms with Gasteiger partial charge < -0.3 is 9.73 Å². The van der Waals surface area contributed by atoms with Gasteiger partial charge >= 0.3 is 0 Å². The number of nitro groups is 1. The molecule has 0 spiro atoms. The van der Waals surface area contributed by atoms with Crippen molar-refractivity contribution in [2.75, 3.05) is 5.32 Å². The molecule has 0 aliphatic carbocycles. The molecule has 0 fully saturated rings. The number of rotatable bonds is 5. The number of carbonyl (C=O) groups excluding carboxylic acids is 1. The Labute approximate surface area is 189 Å². The first-order valence-corrected chi connectivity index (χ1v) is 10.4. The Kier molecular flexibility index (Phi) is 5.67. The molecule has 0 saturated carbocycles. The summed E-state index contributed by atoms with van der Waals surface area (Å²) >= 11 is 5.84. The standard InChI is InChI=1S/C24H20ClN3O4/c1-13(2)15-7-9-22-20(10-15)27-24(32-22)17-5-4-14(3)19(11-17)26-23(29)16-6-8-18(25)21(12-16)28(30)31/h4-13H,1-3H3,(H,26,29). The maximum Gasteiger partial charge on any atom is 0.288 e. The number of anilines is 1. The molecule has 1 heterocycles. The molecule has 1 N–H and O–H groups in total. The van der Waals surface area contributed by atoms with Gasteiger partial charge in [0.05, 0.1) is 4.92 Å². The number of nitro benzene ring substituents is 1. The number of amides is 1. The van der Waals surface area contributed by atoms with Crippen LogP contribution in [-0.2, 0) is 0 Å². The molecule has 0 aliphatic rings. The summed E-state index contributed by atoms with van der Waals surface area (Å²) < 4.78 is 5.92. The Morgan fingerprint density at radius 3 is 2.62 bits per heavy atom. The second kappa shape index (κ2) is 8.43. The molecule has 4 rings (SSSR count). The van der Waals surface area contributed by atoms with E-state index >= 15 is 0 Å². The van der Waals surface area contributed by atoms with Gasteiger partial charge in [0.2, 0.25) is 5.89 Å². The molecular weight excluding hydrogens is 430 g/mol. The molecule has 8 heteroatoms. The summed E-state index contributed by atoms with van der Waals surface area (Å²) in [5.41, 5.74) is 4.52. The molecular formula is C24H20ClN3O4. The molecule has 7 nitrogen and oxygen atoms in total. The highest BCUT2D eigenvalue weighted by molar-refractivity contribution is 6.32. The van der Waals surface area contributed by atoms with Crippen LogP contribution in [-0.4, -0.2) is 15.8 Å². The Balaban J connectivity index is 1.65. The average Bonchev–Trinajstić information content (AvgIpc) is 3.18. The SMILES string of the molecule is Cc1ccc(-c2nc3cc(C(C)C)ccc3o2)cc1NC(=O)c1ccc(Cl)c([N+](=O)[O-])c1. The summed E-state index contributed by atoms with van der Waals surface area (Å²) in [6, 6.07) is 15.4. The summed E-state index contributed by atoms with van der Waals surface area (Å²) in [7, 11) is 0. The largest absolute Gasteiger partial charge is 0.436 e. The lowest BCUT2D eigenvalue weighted by molar-refractivity contribution is -0.384. The number of nitrogens with zero attached hydrogens (tertiary/aromatic N) is 2. The summed E-state index contributed by atoms with van der Waals surface area (Å²) in [6.45, 7) is 6.09. The number of halogens is 1. The smallest absolute Gasteiger partial charge is 0.288 e. The van der Waals surface area contributed by atoms with Gasteiger partial charge in [0.1, 0.15) is 10.5 Å². The van der Waals surface area contributed by atoms with Crippen molar-refractivity contribution in [3.05, 3.63) is 86.4 Å². The van der Waals surface area contributed by atoms with Gasteiger partial charge in [-0.2, -0.15) is 0 Å². The van der Waals surface area contributed by atoms with Crippen LogP contribution in [0.3, 0.4) is 0 Å². The normalized spacial score (nSPS) is 11.2. The van der Waals surface area contributed by atoms with Crippen molar-refractivity contribution in [1.29, 1.82) is 0 Å². The van der Waals surface area contributed by atoms with Crippen LogP contribution in [0, 0.1) is 17.0 Å². The van der Waals surface area contributed by atoms with Crippen molar-refractivity contribution in [3.8, 4) is 11.5 Å². The molecule has 4 aromatic rings. The maximum atomic E-state index is 12.7. The van der Waals surface area contributed by atoms with Crippen molar-refractivity contribution in [3.63, 3.8) is 0 Å². The first-order valence-electron chi connectivity index (χ1n) is 9.99. The molecule has 0 saturated heterocycles. The quantitative estimate of drug-likeness (QED) is 0.268. The third-order valence-electron chi connectivity index (χ3n) is 5.22. The lowest BCUT2D eigenvalue weighted by Crippen LogP contribution is -2.13. The van der Waals surface area contributed by atoms with E-state index in [1.54, 1.807) is 6.07 Å². The summed E-state index contributed by atoms with van der Waals surface area (Å²) in [5.74, 6) is 0.340. The second-order valence-corrected chi connectivity index (χ2v) is 8.22. The van der Waals surface area contributed by atoms with Crippen LogP contribution in [0.2, 0.25) is 5.02 Å². The fraction of sp³-hybridized carbons (Fsp3) is 0.167. The van der Waals surface area contributed by atoms with E-state index in [4.69, 9.17) is 16.0 Å². The van der Waals surface area contributed by atoms with E-state index in [-0.39, 0.29) is 16.3 Å². The zero-order valence-electron chi connectivity index (χ0n) is 17.7. The number of fused-ring (bicyclic) bond motifs is 1. The van der Waals surface area contributed by atoms with Gasteiger partial charge in [0.15, 0.2) is 5.58 Å². The molecule has 0 aliphatic heterocycles. The van der Waals surface area contributed by atoms with Crippen LogP contribution in [0.1, 0.15) is 41.3 Å². The van der Waals surface area contributed by atoms with E-state index in [0.29, 0.717) is 28.6 Å². The number of oxazole rings is 1. The molecule has 0 bridgehead atoms. The minimum atomic E-state index is -0.622. The van der Waals surface area contributed by atoms with E-state index in [9.17, 15) is 14.9 Å². The summed E-state index contributed by atoms with van der Waals surface area (Å²) in [4.78, 5) is 27.8. The molecule has 1 aromatic heterocycles. The van der Waals surface area contributed by atoms with Crippen molar-refractivity contribution < 1.29 is 14.1 Å². The van der Waals surface area contributed by atoms with Gasteiger partial charge in [0.25, 0.3) is 11.6 Å². The number of hydrogen-bond donors (Lipinski definition) is 1. The minimum absolute atomic E-state index is 0.0266. The second-order valence-electron chi connectivity index (χ2n) is 7.81. The highest BCUT2D eigenvalue weighted by Gasteiger charge is 2.18. The van der Waals surface area contributed by atoms with E-state index < -0.39 is 10.8 Å². The van der Waals surface area contributed by atoms with Crippen LogP contribution in [0.4, 0.5) is 11.4 Å². The first-order chi connectivity index (χ1) is 15.2. The number of aromatic nitrogens is 1. The Morgan fingerprint density at radius 1 is 1.12 bits per heavy atom. The van der Waals surface area contributed by atoms with E-state index in [0.717, 1.165) is 17.1 Å². The third kappa shape index (κ3) is 4.20. The monoisotopic (exact) mass is 449 g/mol. The first kappa shape index (κ1) is 21.5. The van der Waals surface area contributed by atoms with E-state index in [1.807, 2.05) is 37.3 Å². The van der Waals surface area contributed by atoms with Crippen molar-refractivity contribution in [2.24, 2.45) is 0 Å². The number of nitrogens with one attached hydrogen (secondary N) is 1. The zero-order chi connectivity index (χ0) is 23.0. The van der Waals surface area contributed by atoms with Gasteiger partial charge in [-0.15, -0.1) is 0 Å². The number of hydrogen-bond acceptors (Lipinski definition) is 5. The van der Waals surface area contributed by atoms with Crippen LogP contribution in [0.5, 0.6) is 0 Å². The summed E-state index contributed by atoms with van der Waals surface area (Å²) in [6.07, 6.45) is 0. The highest BCUT2D eigenvalue weighted by atomic mass is 35.5. The lowest BCUT2D eigenvalue weighted by atomic mass is 10.0. The van der Waals surface area contributed by atoms with E-state index in [1.165, 1.54) is 17.7 Å². The number of carbonyl (C=O) groups is 1. The molecule has 0 atom stereocenters. The molecule has 1 amide bonds. The predicted octanol–water partition coefficient (Wildman–Crippen LogP) is 6.74. The van der Waals surface area contributed by atoms with Crippen LogP contribution in [0.15, 0.2) is 59.0 Å². The Bertz CT molecular complexity index is 1360. The molecule has 32 heavy (non-hydrogen) atoms. The average molecular weight is 450 g/mol. The highest BCUT2D eigenvalue weighted by Crippen LogP contribution is 2.30. The number of benzene rings is 3. The Hall–Kier alpha value is -3.71.